The van der Waals surface area contributed by atoms with Crippen LogP contribution in [0.3, 0.4) is 0 Å². The molecule has 128 valence electrons. The maximum atomic E-state index is 12.9. The van der Waals surface area contributed by atoms with Crippen LogP contribution < -0.4 is 0 Å². The van der Waals surface area contributed by atoms with Gasteiger partial charge in [0.2, 0.25) is 10.0 Å². The van der Waals surface area contributed by atoms with Gasteiger partial charge in [0.1, 0.15) is 6.54 Å². The maximum Gasteiger partial charge on any atom is 0.318 e. The quantitative estimate of drug-likeness (QED) is 0.836. The molecule has 0 radical (unpaired) electrons. The first kappa shape index (κ1) is 18.2. The van der Waals surface area contributed by atoms with Gasteiger partial charge < -0.3 is 5.11 Å². The first-order valence-corrected chi connectivity index (χ1v) is 9.09. The normalized spacial score (nSPS) is 13.0. The Morgan fingerprint density at radius 3 is 2.21 bits per heavy atom. The molecule has 1 unspecified atom stereocenters. The molecule has 0 aromatic heterocycles. The van der Waals surface area contributed by atoms with E-state index in [2.05, 4.69) is 0 Å². The lowest BCUT2D eigenvalue weighted by Crippen LogP contribution is -2.43. The molecule has 0 amide bonds. The van der Waals surface area contributed by atoms with E-state index in [0.717, 1.165) is 15.4 Å². The summed E-state index contributed by atoms with van der Waals surface area (Å²) in [6.07, 6.45) is 0.444. The number of benzene rings is 2. The largest absolute Gasteiger partial charge is 0.480 e. The summed E-state index contributed by atoms with van der Waals surface area (Å²) < 4.78 is 26.8. The van der Waals surface area contributed by atoms with Gasteiger partial charge in [0, 0.05) is 6.04 Å². The summed E-state index contributed by atoms with van der Waals surface area (Å²) in [5.41, 5.74) is 1.90. The number of nitrogens with zero attached hydrogens (tertiary/aromatic N) is 1. The summed E-state index contributed by atoms with van der Waals surface area (Å²) in [7, 11) is -3.88. The minimum absolute atomic E-state index is 0.106. The molecule has 0 fully saturated rings. The van der Waals surface area contributed by atoms with Gasteiger partial charge in [0.15, 0.2) is 0 Å². The molecule has 0 saturated carbocycles. The van der Waals surface area contributed by atoms with E-state index < -0.39 is 28.6 Å². The zero-order chi connectivity index (χ0) is 17.7. The minimum atomic E-state index is -3.88. The SMILES string of the molecule is Cc1ccc(S(=O)(=O)N(CC(=O)O)C(C)Cc2ccccc2)cc1. The van der Waals surface area contributed by atoms with Crippen LogP contribution in [-0.2, 0) is 21.2 Å². The van der Waals surface area contributed by atoms with Crippen molar-refractivity contribution in [1.29, 1.82) is 0 Å². The number of aliphatic carboxylic acids is 1. The molecule has 1 N–H and O–H groups in total. The van der Waals surface area contributed by atoms with Crippen LogP contribution in [0.15, 0.2) is 59.5 Å². The first-order chi connectivity index (χ1) is 11.3. The van der Waals surface area contributed by atoms with Crippen molar-refractivity contribution in [3.63, 3.8) is 0 Å². The fourth-order valence-electron chi connectivity index (χ4n) is 2.51. The summed E-state index contributed by atoms with van der Waals surface area (Å²) in [6, 6.07) is 15.4. The second kappa shape index (κ2) is 7.59. The van der Waals surface area contributed by atoms with E-state index in [-0.39, 0.29) is 4.90 Å². The standard InChI is InChI=1S/C18H21NO4S/c1-14-8-10-17(11-9-14)24(22,23)19(13-18(20)21)15(2)12-16-6-4-3-5-7-16/h3-11,15H,12-13H2,1-2H3,(H,20,21). The van der Waals surface area contributed by atoms with Crippen LogP contribution in [0.25, 0.3) is 0 Å². The van der Waals surface area contributed by atoms with Crippen LogP contribution in [-0.4, -0.2) is 36.4 Å². The molecular weight excluding hydrogens is 326 g/mol. The Balaban J connectivity index is 2.32. The van der Waals surface area contributed by atoms with Gasteiger partial charge in [-0.25, -0.2) is 8.42 Å². The van der Waals surface area contributed by atoms with Crippen LogP contribution in [0.1, 0.15) is 18.1 Å². The summed E-state index contributed by atoms with van der Waals surface area (Å²) in [4.78, 5) is 11.3. The summed E-state index contributed by atoms with van der Waals surface area (Å²) in [5.74, 6) is -1.18. The lowest BCUT2D eigenvalue weighted by atomic mass is 10.1. The zero-order valence-electron chi connectivity index (χ0n) is 13.7. The van der Waals surface area contributed by atoms with E-state index in [9.17, 15) is 13.2 Å². The van der Waals surface area contributed by atoms with Crippen molar-refractivity contribution >= 4 is 16.0 Å². The molecule has 2 aromatic carbocycles. The first-order valence-electron chi connectivity index (χ1n) is 7.65. The van der Waals surface area contributed by atoms with Gasteiger partial charge in [0.05, 0.1) is 4.90 Å². The van der Waals surface area contributed by atoms with Crippen molar-refractivity contribution < 1.29 is 18.3 Å². The Bertz CT molecular complexity index is 786. The average molecular weight is 347 g/mol. The maximum absolute atomic E-state index is 12.9. The van der Waals surface area contributed by atoms with Gasteiger partial charge >= 0.3 is 5.97 Å². The highest BCUT2D eigenvalue weighted by molar-refractivity contribution is 7.89. The summed E-state index contributed by atoms with van der Waals surface area (Å²) in [5, 5.41) is 9.15. The van der Waals surface area contributed by atoms with E-state index >= 15 is 0 Å². The molecule has 0 aliphatic rings. The second-order valence-electron chi connectivity index (χ2n) is 5.80. The Morgan fingerprint density at radius 2 is 1.67 bits per heavy atom. The fourth-order valence-corrected chi connectivity index (χ4v) is 4.09. The van der Waals surface area contributed by atoms with Gasteiger partial charge in [-0.2, -0.15) is 4.31 Å². The van der Waals surface area contributed by atoms with Crippen molar-refractivity contribution in [3.8, 4) is 0 Å². The smallest absolute Gasteiger partial charge is 0.318 e. The number of sulfonamides is 1. The third kappa shape index (κ3) is 4.43. The molecule has 0 aliphatic carbocycles. The highest BCUT2D eigenvalue weighted by Gasteiger charge is 2.31. The van der Waals surface area contributed by atoms with Gasteiger partial charge in [0.25, 0.3) is 0 Å². The topological polar surface area (TPSA) is 74.7 Å². The molecule has 2 rings (SSSR count). The monoisotopic (exact) mass is 347 g/mol. The lowest BCUT2D eigenvalue weighted by Gasteiger charge is -2.27. The Hall–Kier alpha value is -2.18. The van der Waals surface area contributed by atoms with Gasteiger partial charge in [-0.15, -0.1) is 0 Å². The molecule has 24 heavy (non-hydrogen) atoms. The van der Waals surface area contributed by atoms with Crippen LogP contribution >= 0.6 is 0 Å². The Morgan fingerprint density at radius 1 is 1.08 bits per heavy atom. The third-order valence-electron chi connectivity index (χ3n) is 3.78. The number of aryl methyl sites for hydroxylation is 1. The van der Waals surface area contributed by atoms with E-state index in [4.69, 9.17) is 5.11 Å². The van der Waals surface area contributed by atoms with Crippen LogP contribution in [0.5, 0.6) is 0 Å². The molecular formula is C18H21NO4S. The predicted octanol–water partition coefficient (Wildman–Crippen LogP) is 2.70. The van der Waals surface area contributed by atoms with Crippen LogP contribution in [0.4, 0.5) is 0 Å². The molecule has 0 aliphatic heterocycles. The number of rotatable bonds is 7. The van der Waals surface area contributed by atoms with Crippen molar-refractivity contribution in [3.05, 3.63) is 65.7 Å². The third-order valence-corrected chi connectivity index (χ3v) is 5.76. The highest BCUT2D eigenvalue weighted by atomic mass is 32.2. The van der Waals surface area contributed by atoms with Gasteiger partial charge in [-0.05, 0) is 38.0 Å². The predicted molar refractivity (Wildman–Crippen MR) is 92.3 cm³/mol. The van der Waals surface area contributed by atoms with Crippen molar-refractivity contribution in [2.45, 2.75) is 31.2 Å². The number of carboxylic acid groups (broad SMARTS) is 1. The summed E-state index contributed by atoms with van der Waals surface area (Å²) in [6.45, 7) is 3.02. The van der Waals surface area contributed by atoms with Crippen molar-refractivity contribution in [2.24, 2.45) is 0 Å². The molecule has 1 atom stereocenters. The van der Waals surface area contributed by atoms with E-state index in [1.807, 2.05) is 37.3 Å². The molecule has 0 heterocycles. The highest BCUT2D eigenvalue weighted by Crippen LogP contribution is 2.20. The average Bonchev–Trinajstić information content (AvgIpc) is 2.53. The molecule has 0 saturated heterocycles. The van der Waals surface area contributed by atoms with Crippen molar-refractivity contribution in [1.82, 2.24) is 4.31 Å². The number of carboxylic acids is 1. The Labute approximate surface area is 142 Å². The molecule has 6 heteroatoms. The van der Waals surface area contributed by atoms with Gasteiger partial charge in [-0.1, -0.05) is 48.0 Å². The van der Waals surface area contributed by atoms with Gasteiger partial charge in [-0.3, -0.25) is 4.79 Å². The van der Waals surface area contributed by atoms with Crippen LogP contribution in [0, 0.1) is 6.92 Å². The second-order valence-corrected chi connectivity index (χ2v) is 7.69. The van der Waals surface area contributed by atoms with E-state index in [1.54, 1.807) is 19.1 Å². The Kier molecular flexibility index (Phi) is 5.75. The minimum Gasteiger partial charge on any atom is -0.480 e. The lowest BCUT2D eigenvalue weighted by molar-refractivity contribution is -0.137. The summed E-state index contributed by atoms with van der Waals surface area (Å²) >= 11 is 0. The molecule has 2 aromatic rings. The molecule has 5 nitrogen and oxygen atoms in total. The number of hydrogen-bond donors (Lipinski definition) is 1. The number of carbonyl (C=O) groups is 1. The number of hydrogen-bond acceptors (Lipinski definition) is 3. The molecule has 0 spiro atoms. The zero-order valence-corrected chi connectivity index (χ0v) is 14.5. The molecule has 0 bridgehead atoms. The van der Waals surface area contributed by atoms with Crippen molar-refractivity contribution in [2.75, 3.05) is 6.54 Å². The fraction of sp³-hybridized carbons (Fsp3) is 0.278. The van der Waals surface area contributed by atoms with E-state index in [0.29, 0.717) is 6.42 Å². The van der Waals surface area contributed by atoms with E-state index in [1.165, 1.54) is 12.1 Å². The van der Waals surface area contributed by atoms with Crippen LogP contribution in [0.2, 0.25) is 0 Å².